The van der Waals surface area contributed by atoms with Crippen molar-refractivity contribution in [3.8, 4) is 22.6 Å². The maximum atomic E-state index is 12.8. The van der Waals surface area contributed by atoms with Crippen LogP contribution in [0.5, 0.6) is 11.5 Å². The van der Waals surface area contributed by atoms with Gasteiger partial charge in [-0.15, -0.1) is 0 Å². The molecule has 0 atom stereocenters. The Morgan fingerprint density at radius 3 is 2.50 bits per heavy atom. The molecule has 9 nitrogen and oxygen atoms in total. The fraction of sp³-hybridized carbons (Fsp3) is 0.560. The number of amides is 2. The van der Waals surface area contributed by atoms with Crippen LogP contribution in [0.3, 0.4) is 0 Å². The summed E-state index contributed by atoms with van der Waals surface area (Å²) >= 11 is 0. The zero-order valence-corrected chi connectivity index (χ0v) is 20.8. The fourth-order valence-electron chi connectivity index (χ4n) is 4.54. The van der Waals surface area contributed by atoms with Crippen molar-refractivity contribution in [2.45, 2.75) is 53.1 Å². The van der Waals surface area contributed by atoms with Crippen molar-refractivity contribution in [2.75, 3.05) is 38.3 Å². The molecule has 1 aromatic carbocycles. The van der Waals surface area contributed by atoms with Gasteiger partial charge < -0.3 is 28.5 Å². The van der Waals surface area contributed by atoms with Gasteiger partial charge in [-0.25, -0.2) is 4.79 Å². The molecule has 1 aromatic heterocycles. The number of methoxy groups -OCH3 is 1. The van der Waals surface area contributed by atoms with Crippen LogP contribution in [0.25, 0.3) is 11.1 Å². The van der Waals surface area contributed by atoms with E-state index in [1.54, 1.807) is 16.9 Å². The Morgan fingerprint density at radius 2 is 1.91 bits per heavy atom. The molecule has 0 unspecified atom stereocenters. The Morgan fingerprint density at radius 1 is 1.21 bits per heavy atom. The number of carbonyl (C=O) groups is 2. The second-order valence-electron chi connectivity index (χ2n) is 9.92. The molecule has 2 aliphatic heterocycles. The molecule has 9 heteroatoms. The van der Waals surface area contributed by atoms with E-state index in [9.17, 15) is 9.59 Å². The van der Waals surface area contributed by atoms with Crippen LogP contribution in [-0.2, 0) is 9.53 Å². The van der Waals surface area contributed by atoms with Gasteiger partial charge in [-0.2, -0.15) is 0 Å². The van der Waals surface area contributed by atoms with E-state index in [1.807, 2.05) is 46.8 Å². The van der Waals surface area contributed by atoms with Gasteiger partial charge in [-0.3, -0.25) is 4.79 Å². The second kappa shape index (κ2) is 9.19. The molecule has 4 rings (SSSR count). The number of hydrogen-bond acceptors (Lipinski definition) is 7. The predicted molar refractivity (Wildman–Crippen MR) is 126 cm³/mol. The quantitative estimate of drug-likeness (QED) is 0.655. The molecule has 0 aliphatic carbocycles. The third-order valence-corrected chi connectivity index (χ3v) is 6.23. The number of benzene rings is 1. The second-order valence-corrected chi connectivity index (χ2v) is 9.92. The number of rotatable bonds is 4. The summed E-state index contributed by atoms with van der Waals surface area (Å²) in [7, 11) is 1.60. The first-order valence-corrected chi connectivity index (χ1v) is 11.6. The molecule has 0 bridgehead atoms. The number of nitrogens with zero attached hydrogens (tertiary/aromatic N) is 3. The molecule has 34 heavy (non-hydrogen) atoms. The van der Waals surface area contributed by atoms with E-state index in [0.717, 1.165) is 29.7 Å². The number of aryl methyl sites for hydroxylation is 2. The first kappa shape index (κ1) is 23.9. The minimum Gasteiger partial charge on any atom is -0.496 e. The Bertz CT molecular complexity index is 1060. The molecule has 2 amide bonds. The van der Waals surface area contributed by atoms with E-state index < -0.39 is 5.60 Å². The lowest BCUT2D eigenvalue weighted by Crippen LogP contribution is -2.46. The Hall–Kier alpha value is -3.23. The largest absolute Gasteiger partial charge is 0.496 e. The highest BCUT2D eigenvalue weighted by molar-refractivity contribution is 5.99. The summed E-state index contributed by atoms with van der Waals surface area (Å²) in [6.45, 7) is 11.1. The summed E-state index contributed by atoms with van der Waals surface area (Å²) in [5.41, 5.74) is 2.62. The van der Waals surface area contributed by atoms with Crippen molar-refractivity contribution in [2.24, 2.45) is 5.92 Å². The smallest absolute Gasteiger partial charge is 0.410 e. The highest BCUT2D eigenvalue weighted by Crippen LogP contribution is 2.44. The van der Waals surface area contributed by atoms with Crippen molar-refractivity contribution in [1.82, 2.24) is 10.1 Å². The molecule has 1 fully saturated rings. The maximum Gasteiger partial charge on any atom is 0.410 e. The minimum atomic E-state index is -0.515. The van der Waals surface area contributed by atoms with Crippen LogP contribution in [0, 0.1) is 19.8 Å². The molecule has 2 aliphatic rings. The summed E-state index contributed by atoms with van der Waals surface area (Å²) < 4.78 is 22.3. The van der Waals surface area contributed by atoms with Gasteiger partial charge in [0.1, 0.15) is 22.9 Å². The zero-order valence-electron chi connectivity index (χ0n) is 20.8. The van der Waals surface area contributed by atoms with Crippen molar-refractivity contribution in [1.29, 1.82) is 0 Å². The van der Waals surface area contributed by atoms with Gasteiger partial charge in [-0.05, 0) is 59.4 Å². The van der Waals surface area contributed by atoms with Crippen LogP contribution in [0.1, 0.15) is 45.1 Å². The van der Waals surface area contributed by atoms with Gasteiger partial charge in [0.2, 0.25) is 0 Å². The summed E-state index contributed by atoms with van der Waals surface area (Å²) in [6, 6.07) is 3.74. The number of piperidine rings is 1. The molecule has 3 heterocycles. The van der Waals surface area contributed by atoms with Gasteiger partial charge >= 0.3 is 6.09 Å². The number of aromatic nitrogens is 1. The molecule has 0 N–H and O–H groups in total. The summed E-state index contributed by atoms with van der Waals surface area (Å²) in [5.74, 6) is 2.12. The van der Waals surface area contributed by atoms with Crippen LogP contribution in [0.2, 0.25) is 0 Å². The third kappa shape index (κ3) is 4.83. The highest BCUT2D eigenvalue weighted by atomic mass is 16.6. The molecule has 2 aromatic rings. The molecule has 184 valence electrons. The summed E-state index contributed by atoms with van der Waals surface area (Å²) in [6.07, 6.45) is 1.32. The maximum absolute atomic E-state index is 12.8. The monoisotopic (exact) mass is 471 g/mol. The number of ether oxygens (including phenoxy) is 3. The van der Waals surface area contributed by atoms with Crippen LogP contribution in [0.15, 0.2) is 16.7 Å². The normalized spacial score (nSPS) is 16.8. The van der Waals surface area contributed by atoms with Crippen LogP contribution in [-0.4, -0.2) is 61.0 Å². The molecule has 0 saturated carbocycles. The van der Waals surface area contributed by atoms with E-state index in [2.05, 4.69) is 5.16 Å². The average Bonchev–Trinajstić information content (AvgIpc) is 3.12. The van der Waals surface area contributed by atoms with Crippen LogP contribution in [0.4, 0.5) is 10.5 Å². The number of anilines is 1. The minimum absolute atomic E-state index is 0.0167. The lowest BCUT2D eigenvalue weighted by Gasteiger charge is -2.37. The fourth-order valence-corrected chi connectivity index (χ4v) is 4.54. The lowest BCUT2D eigenvalue weighted by atomic mass is 9.95. The van der Waals surface area contributed by atoms with Gasteiger partial charge in [0.25, 0.3) is 5.91 Å². The number of carbonyl (C=O) groups excluding carboxylic acids is 2. The zero-order chi connectivity index (χ0) is 24.6. The first-order chi connectivity index (χ1) is 16.1. The Kier molecular flexibility index (Phi) is 6.47. The SMILES string of the molecule is COc1cc2c(cc1-c1c(C)noc1C)OCC(=O)N2CC1CCN(C(=O)OC(C)(C)C)CC1. The predicted octanol–water partition coefficient (Wildman–Crippen LogP) is 4.34. The van der Waals surface area contributed by atoms with Crippen molar-refractivity contribution in [3.05, 3.63) is 23.6 Å². The van der Waals surface area contributed by atoms with E-state index in [1.165, 1.54) is 0 Å². The van der Waals surface area contributed by atoms with E-state index >= 15 is 0 Å². The summed E-state index contributed by atoms with van der Waals surface area (Å²) in [5, 5.41) is 4.05. The van der Waals surface area contributed by atoms with Crippen molar-refractivity contribution >= 4 is 17.7 Å². The molecule has 0 spiro atoms. The van der Waals surface area contributed by atoms with Gasteiger partial charge in [0.15, 0.2) is 6.61 Å². The first-order valence-electron chi connectivity index (χ1n) is 11.6. The lowest BCUT2D eigenvalue weighted by molar-refractivity contribution is -0.121. The van der Waals surface area contributed by atoms with Gasteiger partial charge in [0, 0.05) is 31.3 Å². The van der Waals surface area contributed by atoms with Gasteiger partial charge in [-0.1, -0.05) is 5.16 Å². The number of fused-ring (bicyclic) bond motifs is 1. The summed E-state index contributed by atoms with van der Waals surface area (Å²) in [4.78, 5) is 28.7. The van der Waals surface area contributed by atoms with E-state index in [0.29, 0.717) is 42.6 Å². The average molecular weight is 472 g/mol. The van der Waals surface area contributed by atoms with Gasteiger partial charge in [0.05, 0.1) is 24.1 Å². The van der Waals surface area contributed by atoms with Crippen LogP contribution < -0.4 is 14.4 Å². The Balaban J connectivity index is 1.52. The molecular weight excluding hydrogens is 438 g/mol. The number of likely N-dealkylation sites (tertiary alicyclic amines) is 1. The molecule has 0 radical (unpaired) electrons. The van der Waals surface area contributed by atoms with Crippen molar-refractivity contribution in [3.63, 3.8) is 0 Å². The Labute approximate surface area is 199 Å². The van der Waals surface area contributed by atoms with E-state index in [4.69, 9.17) is 18.7 Å². The van der Waals surface area contributed by atoms with Crippen molar-refractivity contribution < 1.29 is 28.3 Å². The van der Waals surface area contributed by atoms with Crippen LogP contribution >= 0.6 is 0 Å². The highest BCUT2D eigenvalue weighted by Gasteiger charge is 2.33. The van der Waals surface area contributed by atoms with E-state index in [-0.39, 0.29) is 24.5 Å². The standard InChI is InChI=1S/C25H33N3O6/c1-15-23(16(2)34-26-15)18-11-21-19(12-20(18)31-6)28(22(29)14-32-21)13-17-7-9-27(10-8-17)24(30)33-25(3,4)5/h11-12,17H,7-10,13-14H2,1-6H3. The molecular formula is C25H33N3O6. The third-order valence-electron chi connectivity index (χ3n) is 6.23. The molecule has 1 saturated heterocycles. The number of hydrogen-bond donors (Lipinski definition) is 0. The topological polar surface area (TPSA) is 94.3 Å².